The van der Waals surface area contributed by atoms with E-state index in [0.717, 1.165) is 28.3 Å². The van der Waals surface area contributed by atoms with Crippen molar-refractivity contribution in [3.8, 4) is 11.1 Å². The van der Waals surface area contributed by atoms with E-state index in [1.165, 1.54) is 6.07 Å². The Balaban J connectivity index is 1.36. The fraction of sp³-hybridized carbons (Fsp3) is 0.240. The highest BCUT2D eigenvalue weighted by molar-refractivity contribution is 5.79. The van der Waals surface area contributed by atoms with Crippen LogP contribution in [0, 0.1) is 12.7 Å². The molecule has 7 heteroatoms. The molecule has 6 nitrogen and oxygen atoms in total. The van der Waals surface area contributed by atoms with Gasteiger partial charge in [0.15, 0.2) is 0 Å². The van der Waals surface area contributed by atoms with Crippen molar-refractivity contribution >= 4 is 11.8 Å². The Morgan fingerprint density at radius 3 is 2.31 bits per heavy atom. The van der Waals surface area contributed by atoms with Gasteiger partial charge >= 0.3 is 6.09 Å². The van der Waals surface area contributed by atoms with Gasteiger partial charge in [-0.25, -0.2) is 9.18 Å². The third-order valence-corrected chi connectivity index (χ3v) is 5.87. The molecule has 1 aliphatic carbocycles. The highest BCUT2D eigenvalue weighted by Crippen LogP contribution is 2.44. The van der Waals surface area contributed by atoms with Gasteiger partial charge in [0.05, 0.1) is 0 Å². The van der Waals surface area contributed by atoms with Gasteiger partial charge in [-0.1, -0.05) is 48.5 Å². The smallest absolute Gasteiger partial charge is 0.407 e. The van der Waals surface area contributed by atoms with Crippen molar-refractivity contribution in [2.75, 3.05) is 18.9 Å². The molecule has 0 bridgehead atoms. The maximum atomic E-state index is 13.7. The topological polar surface area (TPSA) is 105 Å². The first kappa shape index (κ1) is 21.8. The number of fused-ring (bicyclic) bond motifs is 3. The van der Waals surface area contributed by atoms with E-state index in [9.17, 15) is 19.4 Å². The number of nitrogen functional groups attached to an aromatic ring is 1. The second-order valence-corrected chi connectivity index (χ2v) is 7.94. The molecule has 0 aromatic heterocycles. The Hall–Kier alpha value is -3.42. The molecule has 1 amide bonds. The minimum absolute atomic E-state index is 0.0735. The first-order chi connectivity index (χ1) is 15.4. The molecular weight excluding hydrogens is 411 g/mol. The van der Waals surface area contributed by atoms with E-state index < -0.39 is 24.1 Å². The number of aliphatic hydroxyl groups is 2. The number of carbonyl (C=O) groups is 1. The van der Waals surface area contributed by atoms with Crippen LogP contribution < -0.4 is 11.1 Å². The number of hydrogen-bond acceptors (Lipinski definition) is 5. The largest absolute Gasteiger partial charge is 0.449 e. The number of ether oxygens (including phenoxy) is 1. The Morgan fingerprint density at radius 1 is 1.09 bits per heavy atom. The molecule has 32 heavy (non-hydrogen) atoms. The molecule has 2 unspecified atom stereocenters. The minimum atomic E-state index is -1.46. The number of carbonyl (C=O) groups excluding carboxylic acids is 1. The van der Waals surface area contributed by atoms with Gasteiger partial charge in [-0.3, -0.25) is 0 Å². The van der Waals surface area contributed by atoms with Gasteiger partial charge in [-0.15, -0.1) is 0 Å². The molecule has 4 rings (SSSR count). The summed E-state index contributed by atoms with van der Waals surface area (Å²) < 4.78 is 19.1. The minimum Gasteiger partial charge on any atom is -0.449 e. The predicted molar refractivity (Wildman–Crippen MR) is 120 cm³/mol. The summed E-state index contributed by atoms with van der Waals surface area (Å²) in [5.74, 6) is -0.652. The monoisotopic (exact) mass is 436 g/mol. The van der Waals surface area contributed by atoms with Crippen molar-refractivity contribution < 1.29 is 24.1 Å². The van der Waals surface area contributed by atoms with Crippen LogP contribution in [0.5, 0.6) is 0 Å². The lowest BCUT2D eigenvalue weighted by Gasteiger charge is -2.21. The second-order valence-electron chi connectivity index (χ2n) is 7.94. The molecule has 0 fully saturated rings. The normalized spacial score (nSPS) is 14.4. The van der Waals surface area contributed by atoms with Crippen LogP contribution in [0.4, 0.5) is 14.9 Å². The van der Waals surface area contributed by atoms with Crippen LogP contribution in [0.1, 0.15) is 34.3 Å². The highest BCUT2D eigenvalue weighted by atomic mass is 19.1. The predicted octanol–water partition coefficient (Wildman–Crippen LogP) is 3.65. The number of hydrogen-bond donors (Lipinski definition) is 4. The molecule has 2 atom stereocenters. The standard InChI is InChI=1S/C25H25FN2O4/c1-14-10-15(26)11-20(23(14)27)24(30)22(29)12-28-25(31)32-13-21-18-8-4-2-6-16(18)17-7-3-5-9-19(17)21/h2-11,21-22,24,29-30H,12-13,27H2,1H3,(H,28,31). The van der Waals surface area contributed by atoms with Crippen LogP contribution in [-0.4, -0.2) is 35.6 Å². The average Bonchev–Trinajstić information content (AvgIpc) is 3.11. The number of benzene rings is 3. The van der Waals surface area contributed by atoms with E-state index in [1.54, 1.807) is 6.92 Å². The van der Waals surface area contributed by atoms with E-state index in [1.807, 2.05) is 48.5 Å². The molecule has 3 aromatic carbocycles. The summed E-state index contributed by atoms with van der Waals surface area (Å²) in [7, 11) is 0. The summed E-state index contributed by atoms with van der Waals surface area (Å²) in [6.45, 7) is 1.46. The number of aliphatic hydroxyl groups excluding tert-OH is 2. The van der Waals surface area contributed by atoms with Crippen molar-refractivity contribution in [1.82, 2.24) is 5.32 Å². The number of anilines is 1. The van der Waals surface area contributed by atoms with Crippen molar-refractivity contribution in [2.24, 2.45) is 0 Å². The summed E-state index contributed by atoms with van der Waals surface area (Å²) >= 11 is 0. The number of aryl methyl sites for hydroxylation is 1. The summed E-state index contributed by atoms with van der Waals surface area (Å²) in [6.07, 6.45) is -3.57. The van der Waals surface area contributed by atoms with Gasteiger partial charge in [0.2, 0.25) is 0 Å². The van der Waals surface area contributed by atoms with Crippen LogP contribution in [-0.2, 0) is 4.74 Å². The zero-order chi connectivity index (χ0) is 22.8. The van der Waals surface area contributed by atoms with E-state index in [-0.39, 0.29) is 30.3 Å². The maximum Gasteiger partial charge on any atom is 0.407 e. The van der Waals surface area contributed by atoms with E-state index in [4.69, 9.17) is 10.5 Å². The number of rotatable bonds is 6. The lowest BCUT2D eigenvalue weighted by atomic mass is 9.98. The van der Waals surface area contributed by atoms with Gasteiger partial charge in [-0.2, -0.15) is 0 Å². The van der Waals surface area contributed by atoms with Gasteiger partial charge in [-0.05, 0) is 46.9 Å². The fourth-order valence-corrected chi connectivity index (χ4v) is 4.18. The Morgan fingerprint density at radius 2 is 1.69 bits per heavy atom. The zero-order valence-corrected chi connectivity index (χ0v) is 17.6. The number of alkyl carbamates (subject to hydrolysis) is 1. The van der Waals surface area contributed by atoms with Crippen LogP contribution in [0.25, 0.3) is 11.1 Å². The van der Waals surface area contributed by atoms with Crippen molar-refractivity contribution in [1.29, 1.82) is 0 Å². The van der Waals surface area contributed by atoms with Crippen LogP contribution >= 0.6 is 0 Å². The average molecular weight is 436 g/mol. The molecule has 0 saturated heterocycles. The van der Waals surface area contributed by atoms with Crippen molar-refractivity contribution in [3.63, 3.8) is 0 Å². The number of halogens is 1. The Kier molecular flexibility index (Phi) is 6.12. The van der Waals surface area contributed by atoms with Crippen LogP contribution in [0.3, 0.4) is 0 Å². The Bertz CT molecular complexity index is 1110. The van der Waals surface area contributed by atoms with Crippen molar-refractivity contribution in [3.05, 3.63) is 88.7 Å². The number of amides is 1. The van der Waals surface area contributed by atoms with Crippen LogP contribution in [0.2, 0.25) is 0 Å². The van der Waals surface area contributed by atoms with Gasteiger partial charge < -0.3 is 26.0 Å². The lowest BCUT2D eigenvalue weighted by molar-refractivity contribution is 0.0188. The SMILES string of the molecule is Cc1cc(F)cc(C(O)C(O)CNC(=O)OCC2c3ccccc3-c3ccccc32)c1N. The third-order valence-electron chi connectivity index (χ3n) is 5.87. The Labute approximate surface area is 185 Å². The molecule has 5 N–H and O–H groups in total. The molecule has 166 valence electrons. The molecule has 0 saturated carbocycles. The van der Waals surface area contributed by atoms with E-state index in [2.05, 4.69) is 5.32 Å². The van der Waals surface area contributed by atoms with Gasteiger partial charge in [0.1, 0.15) is 24.6 Å². The molecule has 3 aromatic rings. The summed E-state index contributed by atoms with van der Waals surface area (Å²) in [6, 6.07) is 18.3. The molecule has 0 aliphatic heterocycles. The summed E-state index contributed by atoms with van der Waals surface area (Å²) in [5, 5.41) is 23.1. The molecule has 0 spiro atoms. The van der Waals surface area contributed by atoms with E-state index >= 15 is 0 Å². The lowest BCUT2D eigenvalue weighted by Crippen LogP contribution is -2.36. The number of nitrogens with two attached hydrogens (primary N) is 1. The highest BCUT2D eigenvalue weighted by Gasteiger charge is 2.29. The molecule has 1 aliphatic rings. The summed E-state index contributed by atoms with van der Waals surface area (Å²) in [5.41, 5.74) is 11.0. The quantitative estimate of drug-likeness (QED) is 0.442. The fourth-order valence-electron chi connectivity index (χ4n) is 4.18. The molecular formula is C25H25FN2O4. The third kappa shape index (κ3) is 4.17. The zero-order valence-electron chi connectivity index (χ0n) is 17.6. The second kappa shape index (κ2) is 8.98. The van der Waals surface area contributed by atoms with Crippen LogP contribution in [0.15, 0.2) is 60.7 Å². The van der Waals surface area contributed by atoms with E-state index in [0.29, 0.717) is 5.56 Å². The maximum absolute atomic E-state index is 13.7. The van der Waals surface area contributed by atoms with Crippen molar-refractivity contribution in [2.45, 2.75) is 25.0 Å². The van der Waals surface area contributed by atoms with Gasteiger partial charge in [0.25, 0.3) is 0 Å². The van der Waals surface area contributed by atoms with Gasteiger partial charge in [0, 0.05) is 23.7 Å². The summed E-state index contributed by atoms with van der Waals surface area (Å²) in [4.78, 5) is 12.3. The molecule has 0 radical (unpaired) electrons. The molecule has 0 heterocycles. The first-order valence-electron chi connectivity index (χ1n) is 10.4. The number of nitrogens with one attached hydrogen (secondary N) is 1. The first-order valence-corrected chi connectivity index (χ1v) is 10.4.